The van der Waals surface area contributed by atoms with Crippen LogP contribution in [0.15, 0.2) is 47.4 Å². The highest BCUT2D eigenvalue weighted by Crippen LogP contribution is 2.26. The monoisotopic (exact) mass is 510 g/mol. The SMILES string of the molecule is CCOC(=O)C1CCN(C(=O)CN(Cc2c(F)cccc2Cl)S(=O)(=O)c2ccc(C)cc2)CC1. The third-order valence-electron chi connectivity index (χ3n) is 5.83. The lowest BCUT2D eigenvalue weighted by atomic mass is 9.97. The zero-order valence-corrected chi connectivity index (χ0v) is 20.7. The molecule has 1 aliphatic heterocycles. The molecule has 0 aromatic heterocycles. The maximum atomic E-state index is 14.5. The number of ether oxygens (including phenoxy) is 1. The second kappa shape index (κ2) is 11.3. The fourth-order valence-electron chi connectivity index (χ4n) is 3.82. The topological polar surface area (TPSA) is 84.0 Å². The van der Waals surface area contributed by atoms with Gasteiger partial charge in [0.1, 0.15) is 5.82 Å². The normalized spacial score (nSPS) is 14.9. The first kappa shape index (κ1) is 26.1. The van der Waals surface area contributed by atoms with Crippen molar-refractivity contribution in [3.05, 3.63) is 64.4 Å². The number of carbonyl (C=O) groups excluding carboxylic acids is 2. The van der Waals surface area contributed by atoms with Crippen LogP contribution in [-0.2, 0) is 30.9 Å². The lowest BCUT2D eigenvalue weighted by molar-refractivity contribution is -0.151. The van der Waals surface area contributed by atoms with E-state index in [-0.39, 0.29) is 27.4 Å². The first-order valence-electron chi connectivity index (χ1n) is 11.1. The van der Waals surface area contributed by atoms with E-state index in [1.54, 1.807) is 19.1 Å². The molecule has 184 valence electrons. The van der Waals surface area contributed by atoms with E-state index in [1.165, 1.54) is 35.2 Å². The average molecular weight is 511 g/mol. The van der Waals surface area contributed by atoms with E-state index < -0.39 is 34.8 Å². The highest BCUT2D eigenvalue weighted by molar-refractivity contribution is 7.89. The summed E-state index contributed by atoms with van der Waals surface area (Å²) < 4.78 is 47.3. The van der Waals surface area contributed by atoms with Crippen molar-refractivity contribution in [2.45, 2.75) is 38.1 Å². The lowest BCUT2D eigenvalue weighted by Gasteiger charge is -2.32. The molecule has 0 atom stereocenters. The van der Waals surface area contributed by atoms with E-state index in [4.69, 9.17) is 16.3 Å². The molecule has 0 bridgehead atoms. The van der Waals surface area contributed by atoms with Crippen molar-refractivity contribution in [3.8, 4) is 0 Å². The standard InChI is InChI=1S/C24H28ClFN2O5S/c1-3-33-24(30)18-11-13-27(14-12-18)23(29)16-28(15-20-21(25)5-4-6-22(20)26)34(31,32)19-9-7-17(2)8-10-19/h4-10,18H,3,11-16H2,1-2H3. The second-order valence-corrected chi connectivity index (χ2v) is 10.5. The number of piperidine rings is 1. The largest absolute Gasteiger partial charge is 0.466 e. The van der Waals surface area contributed by atoms with Gasteiger partial charge in [0.2, 0.25) is 15.9 Å². The van der Waals surface area contributed by atoms with Crippen molar-refractivity contribution in [1.29, 1.82) is 0 Å². The van der Waals surface area contributed by atoms with Crippen molar-refractivity contribution in [1.82, 2.24) is 9.21 Å². The van der Waals surface area contributed by atoms with E-state index in [0.717, 1.165) is 9.87 Å². The van der Waals surface area contributed by atoms with Crippen LogP contribution in [0.3, 0.4) is 0 Å². The Morgan fingerprint density at radius 3 is 2.38 bits per heavy atom. The molecule has 0 aliphatic carbocycles. The molecule has 0 radical (unpaired) electrons. The minimum atomic E-state index is -4.13. The van der Waals surface area contributed by atoms with Crippen LogP contribution < -0.4 is 0 Å². The lowest BCUT2D eigenvalue weighted by Crippen LogP contribution is -2.46. The molecule has 0 unspecified atom stereocenters. The minimum absolute atomic E-state index is 0.000573. The third kappa shape index (κ3) is 6.14. The number of benzene rings is 2. The summed E-state index contributed by atoms with van der Waals surface area (Å²) in [6, 6.07) is 10.3. The van der Waals surface area contributed by atoms with E-state index in [9.17, 15) is 22.4 Å². The van der Waals surface area contributed by atoms with Crippen molar-refractivity contribution in [3.63, 3.8) is 0 Å². The number of aryl methyl sites for hydroxylation is 1. The predicted octanol–water partition coefficient (Wildman–Crippen LogP) is 3.78. The second-order valence-electron chi connectivity index (χ2n) is 8.19. The summed E-state index contributed by atoms with van der Waals surface area (Å²) in [6.07, 6.45) is 0.878. The van der Waals surface area contributed by atoms with Gasteiger partial charge in [0.15, 0.2) is 0 Å². The fraction of sp³-hybridized carbons (Fsp3) is 0.417. The Bertz CT molecular complexity index is 1110. The zero-order chi connectivity index (χ0) is 24.9. The summed E-state index contributed by atoms with van der Waals surface area (Å²) in [6.45, 7) is 3.60. The van der Waals surface area contributed by atoms with Crippen molar-refractivity contribution in [2.24, 2.45) is 5.92 Å². The quantitative estimate of drug-likeness (QED) is 0.505. The van der Waals surface area contributed by atoms with Gasteiger partial charge in [-0.3, -0.25) is 9.59 Å². The highest BCUT2D eigenvalue weighted by Gasteiger charge is 2.33. The fourth-order valence-corrected chi connectivity index (χ4v) is 5.40. The van der Waals surface area contributed by atoms with E-state index >= 15 is 0 Å². The molecule has 0 saturated carbocycles. The number of hydrogen-bond donors (Lipinski definition) is 0. The van der Waals surface area contributed by atoms with Crippen molar-refractivity contribution < 1.29 is 27.1 Å². The van der Waals surface area contributed by atoms with Gasteiger partial charge < -0.3 is 9.64 Å². The third-order valence-corrected chi connectivity index (χ3v) is 7.99. The van der Waals surface area contributed by atoms with Crippen LogP contribution in [0.4, 0.5) is 4.39 Å². The Morgan fingerprint density at radius 1 is 1.15 bits per heavy atom. The molecule has 0 spiro atoms. The number of likely N-dealkylation sites (tertiary alicyclic amines) is 1. The molecule has 2 aromatic carbocycles. The van der Waals surface area contributed by atoms with Gasteiger partial charge in [-0.05, 0) is 51.0 Å². The minimum Gasteiger partial charge on any atom is -0.466 e. The molecule has 34 heavy (non-hydrogen) atoms. The number of sulfonamides is 1. The molecule has 7 nitrogen and oxygen atoms in total. The summed E-state index contributed by atoms with van der Waals surface area (Å²) in [5.41, 5.74) is 0.872. The van der Waals surface area contributed by atoms with Gasteiger partial charge in [-0.2, -0.15) is 4.31 Å². The number of amides is 1. The Morgan fingerprint density at radius 2 is 1.79 bits per heavy atom. The van der Waals surface area contributed by atoms with Crippen LogP contribution in [-0.4, -0.2) is 55.7 Å². The van der Waals surface area contributed by atoms with Gasteiger partial charge in [-0.25, -0.2) is 12.8 Å². The molecule has 1 fully saturated rings. The van der Waals surface area contributed by atoms with E-state index in [1.807, 2.05) is 6.92 Å². The first-order valence-corrected chi connectivity index (χ1v) is 12.9. The average Bonchev–Trinajstić information content (AvgIpc) is 2.81. The summed E-state index contributed by atoms with van der Waals surface area (Å²) in [5.74, 6) is -1.65. The number of nitrogens with zero attached hydrogens (tertiary/aromatic N) is 2. The predicted molar refractivity (Wildman–Crippen MR) is 126 cm³/mol. The summed E-state index contributed by atoms with van der Waals surface area (Å²) >= 11 is 6.15. The molecular weight excluding hydrogens is 483 g/mol. The summed E-state index contributed by atoms with van der Waals surface area (Å²) in [4.78, 5) is 26.6. The number of carbonyl (C=O) groups is 2. The maximum Gasteiger partial charge on any atom is 0.309 e. The molecule has 10 heteroatoms. The van der Waals surface area contributed by atoms with E-state index in [2.05, 4.69) is 0 Å². The van der Waals surface area contributed by atoms with Crippen LogP contribution in [0.25, 0.3) is 0 Å². The summed E-state index contributed by atoms with van der Waals surface area (Å²) in [7, 11) is -4.13. The molecule has 1 aliphatic rings. The summed E-state index contributed by atoms with van der Waals surface area (Å²) in [5, 5.41) is 0.0757. The van der Waals surface area contributed by atoms with Gasteiger partial charge >= 0.3 is 5.97 Å². The van der Waals surface area contributed by atoms with Crippen LogP contribution in [0.1, 0.15) is 30.9 Å². The number of hydrogen-bond acceptors (Lipinski definition) is 5. The van der Waals surface area contributed by atoms with Crippen molar-refractivity contribution >= 4 is 33.5 Å². The molecular formula is C24H28ClFN2O5S. The van der Waals surface area contributed by atoms with Crippen LogP contribution in [0.2, 0.25) is 5.02 Å². The van der Waals surface area contributed by atoms with Gasteiger partial charge in [0.05, 0.1) is 24.0 Å². The van der Waals surface area contributed by atoms with Gasteiger partial charge in [0.25, 0.3) is 0 Å². The van der Waals surface area contributed by atoms with E-state index in [0.29, 0.717) is 32.5 Å². The molecule has 2 aromatic rings. The number of esters is 1. The number of halogens is 2. The zero-order valence-electron chi connectivity index (χ0n) is 19.2. The molecule has 1 amide bonds. The Balaban J connectivity index is 1.82. The van der Waals surface area contributed by atoms with Gasteiger partial charge in [-0.15, -0.1) is 0 Å². The highest BCUT2D eigenvalue weighted by atomic mass is 35.5. The molecule has 0 N–H and O–H groups in total. The molecule has 1 saturated heterocycles. The Hall–Kier alpha value is -2.49. The van der Waals surface area contributed by atoms with Crippen LogP contribution in [0.5, 0.6) is 0 Å². The Kier molecular flexibility index (Phi) is 8.67. The van der Waals surface area contributed by atoms with Crippen LogP contribution >= 0.6 is 11.6 Å². The van der Waals surface area contributed by atoms with Gasteiger partial charge in [0, 0.05) is 30.2 Å². The Labute approximate surface area is 204 Å². The maximum absolute atomic E-state index is 14.5. The molecule has 1 heterocycles. The first-order chi connectivity index (χ1) is 16.1. The smallest absolute Gasteiger partial charge is 0.309 e. The molecule has 3 rings (SSSR count). The van der Waals surface area contributed by atoms with Crippen molar-refractivity contribution in [2.75, 3.05) is 26.2 Å². The van der Waals surface area contributed by atoms with Crippen LogP contribution in [0, 0.1) is 18.7 Å². The van der Waals surface area contributed by atoms with Gasteiger partial charge in [-0.1, -0.05) is 35.4 Å². The number of rotatable bonds is 8.